The van der Waals surface area contributed by atoms with Crippen molar-refractivity contribution in [2.45, 2.75) is 6.04 Å². The normalized spacial score (nSPS) is 23.8. The number of likely N-dealkylation sites (tertiary alicyclic amines) is 2. The molecule has 3 atom stereocenters. The molecule has 0 saturated carbocycles. The minimum Gasteiger partial charge on any atom is -0.373 e. The molecular formula is C19H21FN4O4. The number of halogens is 1. The van der Waals surface area contributed by atoms with Crippen LogP contribution >= 0.6 is 0 Å². The number of urea groups is 1. The summed E-state index contributed by atoms with van der Waals surface area (Å²) in [5.41, 5.74) is 0.244. The Balaban J connectivity index is 1.62. The maximum atomic E-state index is 13.9. The van der Waals surface area contributed by atoms with Gasteiger partial charge in [0.25, 0.3) is 11.5 Å². The first kappa shape index (κ1) is 18.3. The molecule has 0 spiro atoms. The van der Waals surface area contributed by atoms with E-state index in [-0.39, 0.29) is 41.4 Å². The predicted molar refractivity (Wildman–Crippen MR) is 97.1 cm³/mol. The van der Waals surface area contributed by atoms with Crippen molar-refractivity contribution in [3.8, 4) is 0 Å². The van der Waals surface area contributed by atoms with Crippen LogP contribution in [0, 0.1) is 17.7 Å². The summed E-state index contributed by atoms with van der Waals surface area (Å²) in [5, 5.41) is 2.12. The van der Waals surface area contributed by atoms with Crippen LogP contribution in [0.5, 0.6) is 0 Å². The van der Waals surface area contributed by atoms with Gasteiger partial charge in [-0.1, -0.05) is 12.1 Å². The number of carbonyl (C=O) groups is 2. The molecule has 2 aliphatic rings. The molecule has 0 bridgehead atoms. The minimum atomic E-state index is -0.469. The summed E-state index contributed by atoms with van der Waals surface area (Å²) in [4.78, 5) is 41.5. The molecule has 0 radical (unpaired) electrons. The minimum absolute atomic E-state index is 0.0275. The topological polar surface area (TPSA) is 89.9 Å². The van der Waals surface area contributed by atoms with Gasteiger partial charge >= 0.3 is 6.03 Å². The first-order valence-corrected chi connectivity index (χ1v) is 9.06. The standard InChI is InChI=1S/C19H21FN4O4/c1-22(2)19(27)24-9-12-8-23(18(26)15-7-16(25)21-28-15)10-14(12)17(24)11-4-3-5-13(20)6-11/h3-7,12,14,17H,8-10H2,1-2H3,(H,21,25)/t12-,14-,17+/m1/s1. The fourth-order valence-electron chi connectivity index (χ4n) is 4.33. The van der Waals surface area contributed by atoms with Crippen LogP contribution < -0.4 is 5.56 Å². The molecule has 2 aliphatic heterocycles. The lowest BCUT2D eigenvalue weighted by Crippen LogP contribution is -2.42. The third kappa shape index (κ3) is 3.06. The first-order valence-electron chi connectivity index (χ1n) is 9.06. The number of aromatic amines is 1. The van der Waals surface area contributed by atoms with E-state index in [1.807, 2.05) is 6.07 Å². The second-order valence-electron chi connectivity index (χ2n) is 7.54. The average molecular weight is 388 g/mol. The van der Waals surface area contributed by atoms with E-state index < -0.39 is 5.56 Å². The van der Waals surface area contributed by atoms with Crippen LogP contribution in [0.2, 0.25) is 0 Å². The van der Waals surface area contributed by atoms with Gasteiger partial charge in [0.15, 0.2) is 0 Å². The van der Waals surface area contributed by atoms with Crippen molar-refractivity contribution in [2.75, 3.05) is 33.7 Å². The number of benzene rings is 1. The van der Waals surface area contributed by atoms with E-state index >= 15 is 0 Å². The van der Waals surface area contributed by atoms with Crippen molar-refractivity contribution in [3.05, 3.63) is 57.8 Å². The average Bonchev–Trinajstić information content (AvgIpc) is 3.34. The zero-order chi connectivity index (χ0) is 20.0. The van der Waals surface area contributed by atoms with Crippen molar-refractivity contribution in [2.24, 2.45) is 11.8 Å². The Morgan fingerprint density at radius 3 is 2.64 bits per heavy atom. The number of amides is 3. The molecule has 3 amide bonds. The van der Waals surface area contributed by atoms with E-state index in [0.29, 0.717) is 25.2 Å². The van der Waals surface area contributed by atoms with Crippen LogP contribution in [0.1, 0.15) is 22.2 Å². The highest BCUT2D eigenvalue weighted by molar-refractivity contribution is 5.91. The molecule has 1 N–H and O–H groups in total. The number of aromatic nitrogens is 1. The van der Waals surface area contributed by atoms with Crippen LogP contribution in [0.3, 0.4) is 0 Å². The summed E-state index contributed by atoms with van der Waals surface area (Å²) < 4.78 is 18.8. The Morgan fingerprint density at radius 2 is 2.00 bits per heavy atom. The van der Waals surface area contributed by atoms with Crippen molar-refractivity contribution in [3.63, 3.8) is 0 Å². The Labute approximate surface area is 160 Å². The number of nitrogens with one attached hydrogen (secondary N) is 1. The van der Waals surface area contributed by atoms with Crippen molar-refractivity contribution in [1.82, 2.24) is 19.9 Å². The van der Waals surface area contributed by atoms with E-state index in [0.717, 1.165) is 6.07 Å². The molecule has 2 saturated heterocycles. The second kappa shape index (κ2) is 6.81. The van der Waals surface area contributed by atoms with Gasteiger partial charge in [-0.3, -0.25) is 9.59 Å². The van der Waals surface area contributed by atoms with E-state index in [4.69, 9.17) is 4.52 Å². The first-order chi connectivity index (χ1) is 13.3. The number of carbonyl (C=O) groups excluding carboxylic acids is 2. The quantitative estimate of drug-likeness (QED) is 0.845. The van der Waals surface area contributed by atoms with Gasteiger partial charge in [0, 0.05) is 45.6 Å². The van der Waals surface area contributed by atoms with Gasteiger partial charge in [-0.05, 0) is 17.7 Å². The summed E-state index contributed by atoms with van der Waals surface area (Å²) in [6, 6.07) is 6.91. The highest BCUT2D eigenvalue weighted by Gasteiger charge is 2.50. The lowest BCUT2D eigenvalue weighted by molar-refractivity contribution is 0.0725. The second-order valence-corrected chi connectivity index (χ2v) is 7.54. The van der Waals surface area contributed by atoms with Crippen molar-refractivity contribution < 1.29 is 18.5 Å². The van der Waals surface area contributed by atoms with Crippen molar-refractivity contribution in [1.29, 1.82) is 0 Å². The van der Waals surface area contributed by atoms with Gasteiger partial charge in [-0.2, -0.15) is 5.16 Å². The maximum absolute atomic E-state index is 13.9. The molecular weight excluding hydrogens is 367 g/mol. The van der Waals surface area contributed by atoms with Crippen molar-refractivity contribution >= 4 is 11.9 Å². The van der Waals surface area contributed by atoms with E-state index in [1.165, 1.54) is 17.0 Å². The summed E-state index contributed by atoms with van der Waals surface area (Å²) in [7, 11) is 3.37. The molecule has 2 aromatic rings. The molecule has 1 aromatic heterocycles. The summed E-state index contributed by atoms with van der Waals surface area (Å²) in [5.74, 6) is -0.727. The molecule has 0 unspecified atom stereocenters. The predicted octanol–water partition coefficient (Wildman–Crippen LogP) is 1.53. The van der Waals surface area contributed by atoms with E-state index in [1.54, 1.807) is 30.0 Å². The van der Waals surface area contributed by atoms with Crippen LogP contribution in [0.4, 0.5) is 9.18 Å². The third-order valence-electron chi connectivity index (χ3n) is 5.50. The van der Waals surface area contributed by atoms with Crippen LogP contribution in [-0.2, 0) is 0 Å². The summed E-state index contributed by atoms with van der Waals surface area (Å²) in [6.07, 6.45) is 0. The molecule has 28 heavy (non-hydrogen) atoms. The fraction of sp³-hybridized carbons (Fsp3) is 0.421. The van der Waals surface area contributed by atoms with Gasteiger partial charge in [-0.15, -0.1) is 0 Å². The number of hydrogen-bond acceptors (Lipinski definition) is 4. The van der Waals surface area contributed by atoms with Crippen LogP contribution in [0.15, 0.2) is 39.6 Å². The van der Waals surface area contributed by atoms with E-state index in [9.17, 15) is 18.8 Å². The Kier molecular flexibility index (Phi) is 4.44. The molecule has 2 fully saturated rings. The molecule has 9 heteroatoms. The molecule has 3 heterocycles. The molecule has 1 aromatic carbocycles. The Bertz CT molecular complexity index is 969. The lowest BCUT2D eigenvalue weighted by Gasteiger charge is -2.31. The Hall–Kier alpha value is -3.10. The number of rotatable bonds is 2. The maximum Gasteiger partial charge on any atom is 0.320 e. The molecule has 0 aliphatic carbocycles. The monoisotopic (exact) mass is 388 g/mol. The zero-order valence-electron chi connectivity index (χ0n) is 15.6. The number of fused-ring (bicyclic) bond motifs is 1. The largest absolute Gasteiger partial charge is 0.373 e. The zero-order valence-corrected chi connectivity index (χ0v) is 15.6. The lowest BCUT2D eigenvalue weighted by atomic mass is 9.89. The third-order valence-corrected chi connectivity index (χ3v) is 5.50. The van der Waals surface area contributed by atoms with Crippen LogP contribution in [-0.4, -0.2) is 65.5 Å². The smallest absolute Gasteiger partial charge is 0.320 e. The van der Waals surface area contributed by atoms with Crippen LogP contribution in [0.25, 0.3) is 0 Å². The van der Waals surface area contributed by atoms with Gasteiger partial charge in [0.1, 0.15) is 5.82 Å². The van der Waals surface area contributed by atoms with E-state index in [2.05, 4.69) is 5.16 Å². The summed E-state index contributed by atoms with van der Waals surface area (Å²) >= 11 is 0. The van der Waals surface area contributed by atoms with Gasteiger partial charge in [0.05, 0.1) is 12.1 Å². The Morgan fingerprint density at radius 1 is 1.21 bits per heavy atom. The summed E-state index contributed by atoms with van der Waals surface area (Å²) in [6.45, 7) is 1.32. The number of nitrogens with zero attached hydrogens (tertiary/aromatic N) is 3. The SMILES string of the molecule is CN(C)C(=O)N1C[C@H]2CN(C(=O)c3cc(=O)[nH]o3)C[C@H]2[C@@H]1c1cccc(F)c1. The highest BCUT2D eigenvalue weighted by atomic mass is 19.1. The molecule has 148 valence electrons. The fourth-order valence-corrected chi connectivity index (χ4v) is 4.33. The van der Waals surface area contributed by atoms with Gasteiger partial charge in [-0.25, -0.2) is 9.18 Å². The molecule has 8 nitrogen and oxygen atoms in total. The number of H-pyrrole nitrogens is 1. The van der Waals surface area contributed by atoms with Gasteiger partial charge in [0.2, 0.25) is 5.76 Å². The highest BCUT2D eigenvalue weighted by Crippen LogP contribution is 2.45. The molecule has 4 rings (SSSR count). The number of hydrogen-bond donors (Lipinski definition) is 1. The van der Waals surface area contributed by atoms with Gasteiger partial charge < -0.3 is 19.2 Å².